The van der Waals surface area contributed by atoms with Crippen LogP contribution < -0.4 is 15.8 Å². The van der Waals surface area contributed by atoms with Gasteiger partial charge in [0.25, 0.3) is 0 Å². The second-order valence-electron chi connectivity index (χ2n) is 7.53. The number of nitrogens with two attached hydrogens (primary N) is 1. The van der Waals surface area contributed by atoms with E-state index in [4.69, 9.17) is 10.5 Å². The number of aromatic nitrogens is 2. The summed E-state index contributed by atoms with van der Waals surface area (Å²) in [5.74, 6) is 2.60. The van der Waals surface area contributed by atoms with E-state index in [-0.39, 0.29) is 5.41 Å². The summed E-state index contributed by atoms with van der Waals surface area (Å²) in [5, 5.41) is 3.31. The second-order valence-corrected chi connectivity index (χ2v) is 7.53. The molecule has 0 atom stereocenters. The lowest BCUT2D eigenvalue weighted by atomic mass is 9.87. The van der Waals surface area contributed by atoms with Gasteiger partial charge in [0.05, 0.1) is 7.11 Å². The Hall–Kier alpha value is -3.08. The first kappa shape index (κ1) is 18.7. The van der Waals surface area contributed by atoms with Crippen LogP contribution in [-0.2, 0) is 12.0 Å². The molecule has 0 amide bonds. The van der Waals surface area contributed by atoms with Crippen LogP contribution in [0.3, 0.4) is 0 Å². The number of hydrogen-bond donors (Lipinski definition) is 2. The van der Waals surface area contributed by atoms with E-state index in [0.717, 1.165) is 16.9 Å². The van der Waals surface area contributed by atoms with Gasteiger partial charge in [-0.1, -0.05) is 57.2 Å². The fourth-order valence-electron chi connectivity index (χ4n) is 2.74. The molecule has 3 rings (SSSR count). The van der Waals surface area contributed by atoms with Crippen molar-refractivity contribution in [3.63, 3.8) is 0 Å². The molecule has 0 unspecified atom stereocenters. The molecule has 0 spiro atoms. The molecule has 0 aliphatic heterocycles. The molecule has 5 nitrogen and oxygen atoms in total. The molecule has 5 heteroatoms. The van der Waals surface area contributed by atoms with Gasteiger partial charge in [0.2, 0.25) is 0 Å². The van der Waals surface area contributed by atoms with Gasteiger partial charge >= 0.3 is 0 Å². The molecule has 0 saturated heterocycles. The van der Waals surface area contributed by atoms with E-state index in [1.807, 2.05) is 36.4 Å². The molecule has 0 aliphatic carbocycles. The summed E-state index contributed by atoms with van der Waals surface area (Å²) in [6, 6.07) is 18.0. The number of anilines is 2. The number of benzene rings is 2. The molecule has 27 heavy (non-hydrogen) atoms. The Morgan fingerprint density at radius 3 is 2.22 bits per heavy atom. The summed E-state index contributed by atoms with van der Waals surface area (Å²) in [5.41, 5.74) is 9.45. The number of rotatable bonds is 5. The zero-order valence-electron chi connectivity index (χ0n) is 16.3. The Morgan fingerprint density at radius 1 is 0.963 bits per heavy atom. The lowest BCUT2D eigenvalue weighted by molar-refractivity contribution is 0.414. The summed E-state index contributed by atoms with van der Waals surface area (Å²) < 4.78 is 5.18. The van der Waals surface area contributed by atoms with Crippen LogP contribution in [-0.4, -0.2) is 17.1 Å². The average molecular weight is 362 g/mol. The number of ether oxygens (including phenoxy) is 1. The minimum absolute atomic E-state index is 0.111. The van der Waals surface area contributed by atoms with Crippen LogP contribution in [0.25, 0.3) is 11.4 Å². The van der Waals surface area contributed by atoms with Gasteiger partial charge in [-0.25, -0.2) is 9.97 Å². The standard InChI is InChI=1S/C22H26N4O/c1-22(2,3)17-9-7-16(8-10-17)21-25-19(23)13-20(26-21)24-14-15-5-11-18(27-4)12-6-15/h5-13H,14H2,1-4H3,(H3,23,24,25,26). The Bertz CT molecular complexity index is 897. The first-order valence-electron chi connectivity index (χ1n) is 8.97. The maximum atomic E-state index is 6.00. The molecule has 0 fully saturated rings. The summed E-state index contributed by atoms with van der Waals surface area (Å²) in [7, 11) is 1.66. The lowest BCUT2D eigenvalue weighted by Crippen LogP contribution is -2.10. The summed E-state index contributed by atoms with van der Waals surface area (Å²) in [4.78, 5) is 9.00. The third-order valence-electron chi connectivity index (χ3n) is 4.39. The third-order valence-corrected chi connectivity index (χ3v) is 4.39. The Labute approximate surface area is 160 Å². The minimum Gasteiger partial charge on any atom is -0.497 e. The number of nitrogen functional groups attached to an aromatic ring is 1. The highest BCUT2D eigenvalue weighted by atomic mass is 16.5. The largest absolute Gasteiger partial charge is 0.497 e. The highest BCUT2D eigenvalue weighted by molar-refractivity contribution is 5.61. The van der Waals surface area contributed by atoms with E-state index in [0.29, 0.717) is 24.0 Å². The van der Waals surface area contributed by atoms with Gasteiger partial charge in [-0.15, -0.1) is 0 Å². The summed E-state index contributed by atoms with van der Waals surface area (Å²) in [6.45, 7) is 7.23. The SMILES string of the molecule is COc1ccc(CNc2cc(N)nc(-c3ccc(C(C)(C)C)cc3)n2)cc1. The van der Waals surface area contributed by atoms with Crippen molar-refractivity contribution < 1.29 is 4.74 Å². The molecular weight excluding hydrogens is 336 g/mol. The van der Waals surface area contributed by atoms with Crippen molar-refractivity contribution in [2.45, 2.75) is 32.7 Å². The second kappa shape index (κ2) is 7.66. The van der Waals surface area contributed by atoms with E-state index in [2.05, 4.69) is 48.2 Å². The van der Waals surface area contributed by atoms with E-state index in [1.54, 1.807) is 13.2 Å². The number of hydrogen-bond acceptors (Lipinski definition) is 5. The van der Waals surface area contributed by atoms with Crippen LogP contribution in [0.15, 0.2) is 54.6 Å². The number of methoxy groups -OCH3 is 1. The first-order chi connectivity index (χ1) is 12.8. The van der Waals surface area contributed by atoms with Crippen LogP contribution in [0.1, 0.15) is 31.9 Å². The van der Waals surface area contributed by atoms with E-state index >= 15 is 0 Å². The first-order valence-corrected chi connectivity index (χ1v) is 8.97. The molecule has 0 saturated carbocycles. The van der Waals surface area contributed by atoms with Gasteiger partial charge in [-0.2, -0.15) is 0 Å². The molecular formula is C22H26N4O. The highest BCUT2D eigenvalue weighted by Gasteiger charge is 2.14. The van der Waals surface area contributed by atoms with Crippen molar-refractivity contribution in [3.8, 4) is 17.1 Å². The predicted octanol–water partition coefficient (Wildman–Crippen LogP) is 4.64. The molecule has 0 aliphatic rings. The van der Waals surface area contributed by atoms with Gasteiger partial charge in [0, 0.05) is 18.2 Å². The normalized spacial score (nSPS) is 11.3. The topological polar surface area (TPSA) is 73.1 Å². The van der Waals surface area contributed by atoms with Crippen LogP contribution >= 0.6 is 0 Å². The highest BCUT2D eigenvalue weighted by Crippen LogP contribution is 2.26. The zero-order chi connectivity index (χ0) is 19.4. The maximum Gasteiger partial charge on any atom is 0.163 e. The minimum atomic E-state index is 0.111. The van der Waals surface area contributed by atoms with Crippen molar-refractivity contribution in [3.05, 3.63) is 65.7 Å². The molecule has 1 heterocycles. The number of nitrogens with one attached hydrogen (secondary N) is 1. The molecule has 0 bridgehead atoms. The molecule has 0 radical (unpaired) electrons. The van der Waals surface area contributed by atoms with Crippen LogP contribution in [0, 0.1) is 0 Å². The fourth-order valence-corrected chi connectivity index (χ4v) is 2.74. The molecule has 3 N–H and O–H groups in total. The summed E-state index contributed by atoms with van der Waals surface area (Å²) in [6.07, 6.45) is 0. The van der Waals surface area contributed by atoms with Crippen molar-refractivity contribution in [1.29, 1.82) is 0 Å². The Balaban J connectivity index is 1.77. The smallest absolute Gasteiger partial charge is 0.163 e. The molecule has 140 valence electrons. The van der Waals surface area contributed by atoms with Crippen molar-refractivity contribution in [1.82, 2.24) is 9.97 Å². The molecule has 1 aromatic heterocycles. The van der Waals surface area contributed by atoms with Crippen LogP contribution in [0.4, 0.5) is 11.6 Å². The van der Waals surface area contributed by atoms with Crippen LogP contribution in [0.2, 0.25) is 0 Å². The van der Waals surface area contributed by atoms with Gasteiger partial charge in [-0.3, -0.25) is 0 Å². The fraction of sp³-hybridized carbons (Fsp3) is 0.273. The third kappa shape index (κ3) is 4.76. The monoisotopic (exact) mass is 362 g/mol. The Kier molecular flexibility index (Phi) is 5.31. The van der Waals surface area contributed by atoms with Gasteiger partial charge in [-0.05, 0) is 28.7 Å². The van der Waals surface area contributed by atoms with Gasteiger partial charge < -0.3 is 15.8 Å². The van der Waals surface area contributed by atoms with Crippen molar-refractivity contribution in [2.24, 2.45) is 0 Å². The molecule has 3 aromatic rings. The van der Waals surface area contributed by atoms with E-state index in [1.165, 1.54) is 5.56 Å². The average Bonchev–Trinajstić information content (AvgIpc) is 2.66. The Morgan fingerprint density at radius 2 is 1.63 bits per heavy atom. The van der Waals surface area contributed by atoms with Crippen LogP contribution in [0.5, 0.6) is 5.75 Å². The lowest BCUT2D eigenvalue weighted by Gasteiger charge is -2.19. The van der Waals surface area contributed by atoms with Gasteiger partial charge in [0.15, 0.2) is 5.82 Å². The van der Waals surface area contributed by atoms with Gasteiger partial charge in [0.1, 0.15) is 17.4 Å². The van der Waals surface area contributed by atoms with Crippen molar-refractivity contribution >= 4 is 11.6 Å². The summed E-state index contributed by atoms with van der Waals surface area (Å²) >= 11 is 0. The van der Waals surface area contributed by atoms with E-state index in [9.17, 15) is 0 Å². The zero-order valence-corrected chi connectivity index (χ0v) is 16.3. The molecule has 2 aromatic carbocycles. The van der Waals surface area contributed by atoms with Crippen molar-refractivity contribution in [2.75, 3.05) is 18.2 Å². The number of nitrogens with zero attached hydrogens (tertiary/aromatic N) is 2. The maximum absolute atomic E-state index is 6.00. The van der Waals surface area contributed by atoms with E-state index < -0.39 is 0 Å². The quantitative estimate of drug-likeness (QED) is 0.691. The predicted molar refractivity (Wildman–Crippen MR) is 111 cm³/mol.